The van der Waals surface area contributed by atoms with E-state index in [2.05, 4.69) is 15.0 Å². The number of aliphatic hydroxyl groups is 2. The summed E-state index contributed by atoms with van der Waals surface area (Å²) >= 11 is 0. The summed E-state index contributed by atoms with van der Waals surface area (Å²) in [6.45, 7) is -0.172. The average Bonchev–Trinajstić information content (AvgIpc) is 3.52. The quantitative estimate of drug-likeness (QED) is 0.420. The molecule has 4 heterocycles. The van der Waals surface area contributed by atoms with Crippen molar-refractivity contribution in [2.24, 2.45) is 0 Å². The molecule has 160 valence electrons. The second kappa shape index (κ2) is 8.08. The molecule has 0 aliphatic carbocycles. The van der Waals surface area contributed by atoms with Crippen molar-refractivity contribution in [3.63, 3.8) is 0 Å². The smallest absolute Gasteiger partial charge is 0.278 e. The van der Waals surface area contributed by atoms with Crippen LogP contribution in [0.5, 0.6) is 0 Å². The molecule has 1 fully saturated rings. The van der Waals surface area contributed by atoms with E-state index in [9.17, 15) is 15.0 Å². The molecule has 10 nitrogen and oxygen atoms in total. The van der Waals surface area contributed by atoms with Gasteiger partial charge in [0.2, 0.25) is 0 Å². The van der Waals surface area contributed by atoms with Crippen LogP contribution in [0, 0.1) is 0 Å². The number of benzene rings is 1. The van der Waals surface area contributed by atoms with E-state index in [0.717, 1.165) is 16.9 Å². The number of aromatic nitrogens is 4. The van der Waals surface area contributed by atoms with E-state index in [1.807, 2.05) is 36.4 Å². The van der Waals surface area contributed by atoms with Crippen LogP contribution >= 0.6 is 0 Å². The first-order valence-electron chi connectivity index (χ1n) is 9.74. The van der Waals surface area contributed by atoms with Crippen LogP contribution in [0.3, 0.4) is 0 Å². The number of furan rings is 1. The van der Waals surface area contributed by atoms with Crippen molar-refractivity contribution in [2.45, 2.75) is 31.1 Å². The largest absolute Gasteiger partial charge is 0.464 e. The van der Waals surface area contributed by atoms with Crippen LogP contribution in [0.25, 0.3) is 22.5 Å². The van der Waals surface area contributed by atoms with Crippen LogP contribution in [0.4, 0.5) is 0 Å². The molecule has 4 aromatic rings. The van der Waals surface area contributed by atoms with Gasteiger partial charge < -0.3 is 29.1 Å². The Hall–Kier alpha value is -3.31. The fourth-order valence-corrected chi connectivity index (χ4v) is 3.72. The summed E-state index contributed by atoms with van der Waals surface area (Å²) in [5.74, 6) is 0.771. The molecule has 0 saturated carbocycles. The molecular weight excluding hydrogens is 404 g/mol. The molecule has 1 aliphatic rings. The van der Waals surface area contributed by atoms with E-state index in [-0.39, 0.29) is 24.3 Å². The van der Waals surface area contributed by atoms with Crippen molar-refractivity contribution in [2.75, 3.05) is 6.61 Å². The predicted molar refractivity (Wildman–Crippen MR) is 108 cm³/mol. The van der Waals surface area contributed by atoms with E-state index in [0.29, 0.717) is 5.65 Å². The maximum Gasteiger partial charge on any atom is 0.278 e. The summed E-state index contributed by atoms with van der Waals surface area (Å²) in [5, 5.41) is 20.2. The maximum absolute atomic E-state index is 12.0. The second-order valence-corrected chi connectivity index (χ2v) is 7.24. The van der Waals surface area contributed by atoms with Crippen LogP contribution in [0.15, 0.2) is 64.5 Å². The Kier molecular flexibility index (Phi) is 5.12. The van der Waals surface area contributed by atoms with Gasteiger partial charge in [-0.25, -0.2) is 9.97 Å². The number of hydrogen-bond donors (Lipinski definition) is 3. The lowest BCUT2D eigenvalue weighted by molar-refractivity contribution is -0.0761. The number of imidazole rings is 1. The van der Waals surface area contributed by atoms with Gasteiger partial charge in [0.1, 0.15) is 24.1 Å². The molecule has 0 unspecified atom stereocenters. The SMILES string of the molecule is O=c1[nH]cnc2c1ncn2[C@@H]1O[C@H](CO)[C@@H](O)[C@H]1OCc1ccc(-c2ccco2)cc1. The number of aromatic amines is 1. The minimum Gasteiger partial charge on any atom is -0.464 e. The molecule has 3 N–H and O–H groups in total. The summed E-state index contributed by atoms with van der Waals surface area (Å²) in [4.78, 5) is 22.7. The Morgan fingerprint density at radius 2 is 2.03 bits per heavy atom. The predicted octanol–water partition coefficient (Wildman–Crippen LogP) is 1.22. The van der Waals surface area contributed by atoms with Gasteiger partial charge in [0.25, 0.3) is 5.56 Å². The maximum atomic E-state index is 12.0. The van der Waals surface area contributed by atoms with Crippen molar-refractivity contribution < 1.29 is 24.1 Å². The van der Waals surface area contributed by atoms with Crippen molar-refractivity contribution in [1.29, 1.82) is 0 Å². The fourth-order valence-electron chi connectivity index (χ4n) is 3.72. The molecule has 31 heavy (non-hydrogen) atoms. The standard InChI is InChI=1S/C21H20N4O6/c26-8-15-17(27)18(21(31-15)25-11-24-16-19(25)22-10-23-20(16)28)30-9-12-3-5-13(6-4-12)14-2-1-7-29-14/h1-7,10-11,15,17-18,21,26-27H,8-9H2,(H,22,23,28)/t15-,17-,18-,21-/m1/s1. The van der Waals surface area contributed by atoms with Gasteiger partial charge in [-0.05, 0) is 17.7 Å². The zero-order chi connectivity index (χ0) is 21.4. The highest BCUT2D eigenvalue weighted by atomic mass is 16.6. The fraction of sp³-hybridized carbons (Fsp3) is 0.286. The highest BCUT2D eigenvalue weighted by Gasteiger charge is 2.45. The molecule has 3 aromatic heterocycles. The summed E-state index contributed by atoms with van der Waals surface area (Å²) in [7, 11) is 0. The van der Waals surface area contributed by atoms with E-state index in [4.69, 9.17) is 13.9 Å². The zero-order valence-electron chi connectivity index (χ0n) is 16.3. The van der Waals surface area contributed by atoms with Crippen molar-refractivity contribution >= 4 is 11.2 Å². The average molecular weight is 424 g/mol. The Balaban J connectivity index is 1.38. The molecule has 4 atom stereocenters. The van der Waals surface area contributed by atoms with Crippen LogP contribution < -0.4 is 5.56 Å². The first kappa shape index (κ1) is 19.6. The Labute approximate surface area is 175 Å². The summed E-state index contributed by atoms with van der Waals surface area (Å²) in [5.41, 5.74) is 1.91. The van der Waals surface area contributed by atoms with Crippen LogP contribution in [-0.2, 0) is 16.1 Å². The first-order valence-corrected chi connectivity index (χ1v) is 9.74. The van der Waals surface area contributed by atoms with Crippen molar-refractivity contribution in [3.05, 3.63) is 71.2 Å². The lowest BCUT2D eigenvalue weighted by Gasteiger charge is -2.22. The number of nitrogens with zero attached hydrogens (tertiary/aromatic N) is 3. The molecule has 10 heteroatoms. The Morgan fingerprint density at radius 3 is 2.77 bits per heavy atom. The van der Waals surface area contributed by atoms with Gasteiger partial charge in [0.15, 0.2) is 17.4 Å². The molecule has 0 amide bonds. The highest BCUT2D eigenvalue weighted by Crippen LogP contribution is 2.33. The van der Waals surface area contributed by atoms with Gasteiger partial charge >= 0.3 is 0 Å². The number of rotatable bonds is 6. The third-order valence-electron chi connectivity index (χ3n) is 5.33. The number of H-pyrrole nitrogens is 1. The number of nitrogens with one attached hydrogen (secondary N) is 1. The lowest BCUT2D eigenvalue weighted by Crippen LogP contribution is -2.35. The molecule has 1 aromatic carbocycles. The summed E-state index contributed by atoms with van der Waals surface area (Å²) in [6, 6.07) is 11.4. The third-order valence-corrected chi connectivity index (χ3v) is 5.33. The van der Waals surface area contributed by atoms with E-state index in [1.54, 1.807) is 6.26 Å². The monoisotopic (exact) mass is 424 g/mol. The molecule has 0 radical (unpaired) electrons. The van der Waals surface area contributed by atoms with Gasteiger partial charge in [-0.1, -0.05) is 24.3 Å². The minimum absolute atomic E-state index is 0.153. The molecule has 5 rings (SSSR count). The van der Waals surface area contributed by atoms with E-state index < -0.39 is 24.5 Å². The van der Waals surface area contributed by atoms with Crippen LogP contribution in [0.1, 0.15) is 11.8 Å². The number of ether oxygens (including phenoxy) is 2. The van der Waals surface area contributed by atoms with Crippen molar-refractivity contribution in [3.8, 4) is 11.3 Å². The van der Waals surface area contributed by atoms with E-state index >= 15 is 0 Å². The minimum atomic E-state index is -1.07. The number of hydrogen-bond acceptors (Lipinski definition) is 8. The molecule has 1 aliphatic heterocycles. The summed E-state index contributed by atoms with van der Waals surface area (Å²) < 4.78 is 18.8. The van der Waals surface area contributed by atoms with Gasteiger partial charge in [-0.15, -0.1) is 0 Å². The van der Waals surface area contributed by atoms with Crippen LogP contribution in [-0.4, -0.2) is 54.7 Å². The number of aliphatic hydroxyl groups excluding tert-OH is 2. The van der Waals surface area contributed by atoms with Gasteiger partial charge in [-0.3, -0.25) is 9.36 Å². The number of fused-ring (bicyclic) bond motifs is 1. The summed E-state index contributed by atoms with van der Waals surface area (Å²) in [6.07, 6.45) is 0.780. The van der Waals surface area contributed by atoms with E-state index in [1.165, 1.54) is 17.2 Å². The Bertz CT molecular complexity index is 1220. The molecule has 1 saturated heterocycles. The molecular formula is C21H20N4O6. The first-order chi connectivity index (χ1) is 15.2. The molecule has 0 bridgehead atoms. The second-order valence-electron chi connectivity index (χ2n) is 7.24. The highest BCUT2D eigenvalue weighted by molar-refractivity contribution is 5.68. The Morgan fingerprint density at radius 1 is 1.19 bits per heavy atom. The third kappa shape index (κ3) is 3.55. The molecule has 0 spiro atoms. The normalized spacial score (nSPS) is 23.5. The topological polar surface area (TPSA) is 136 Å². The lowest BCUT2D eigenvalue weighted by atomic mass is 10.1. The van der Waals surface area contributed by atoms with Gasteiger partial charge in [-0.2, -0.15) is 0 Å². The van der Waals surface area contributed by atoms with Gasteiger partial charge in [0.05, 0.1) is 32.1 Å². The van der Waals surface area contributed by atoms with Crippen LogP contribution in [0.2, 0.25) is 0 Å². The van der Waals surface area contributed by atoms with Crippen molar-refractivity contribution in [1.82, 2.24) is 19.5 Å². The van der Waals surface area contributed by atoms with Gasteiger partial charge in [0, 0.05) is 5.56 Å². The zero-order valence-corrected chi connectivity index (χ0v) is 16.3.